The average Bonchev–Trinajstić information content (AvgIpc) is 2.57. The van der Waals surface area contributed by atoms with Crippen LogP contribution in [0.4, 0.5) is 0 Å². The minimum absolute atomic E-state index is 0.0961. The van der Waals surface area contributed by atoms with Gasteiger partial charge in [0, 0.05) is 38.3 Å². The molecule has 0 atom stereocenters. The van der Waals surface area contributed by atoms with E-state index in [2.05, 4.69) is 5.32 Å². The number of rotatable bonds is 6. The van der Waals surface area contributed by atoms with Crippen LogP contribution in [0.3, 0.4) is 0 Å². The first-order chi connectivity index (χ1) is 11.1. The second kappa shape index (κ2) is 7.76. The van der Waals surface area contributed by atoms with E-state index in [1.54, 1.807) is 21.9 Å². The maximum absolute atomic E-state index is 12.1. The van der Waals surface area contributed by atoms with Crippen molar-refractivity contribution in [3.05, 3.63) is 35.4 Å². The number of likely N-dealkylation sites (N-methyl/N-ethyl adjacent to an activating group) is 1. The molecule has 0 radical (unpaired) electrons. The quantitative estimate of drug-likeness (QED) is 0.796. The highest BCUT2D eigenvalue weighted by Gasteiger charge is 2.31. The molecular formula is C17H23N3O3. The van der Waals surface area contributed by atoms with Crippen molar-refractivity contribution in [3.8, 4) is 0 Å². The second-order valence-corrected chi connectivity index (χ2v) is 5.56. The van der Waals surface area contributed by atoms with Crippen molar-refractivity contribution in [3.63, 3.8) is 0 Å². The fourth-order valence-electron chi connectivity index (χ4n) is 2.49. The van der Waals surface area contributed by atoms with E-state index >= 15 is 0 Å². The third kappa shape index (κ3) is 4.09. The maximum Gasteiger partial charge on any atom is 0.312 e. The van der Waals surface area contributed by atoms with Crippen LogP contribution in [-0.4, -0.2) is 53.7 Å². The zero-order valence-corrected chi connectivity index (χ0v) is 13.7. The number of piperazine rings is 1. The van der Waals surface area contributed by atoms with Gasteiger partial charge in [-0.3, -0.25) is 14.4 Å². The van der Waals surface area contributed by atoms with Crippen molar-refractivity contribution >= 4 is 17.7 Å². The third-order valence-electron chi connectivity index (χ3n) is 3.90. The molecule has 23 heavy (non-hydrogen) atoms. The Kier molecular flexibility index (Phi) is 5.73. The largest absolute Gasteiger partial charge is 0.352 e. The van der Waals surface area contributed by atoms with Gasteiger partial charge in [0.15, 0.2) is 0 Å². The van der Waals surface area contributed by atoms with E-state index in [9.17, 15) is 14.4 Å². The number of benzene rings is 1. The Bertz CT molecular complexity index is 583. The van der Waals surface area contributed by atoms with Gasteiger partial charge in [0.05, 0.1) is 0 Å². The first-order valence-electron chi connectivity index (χ1n) is 8.02. The number of nitrogens with one attached hydrogen (secondary N) is 1. The van der Waals surface area contributed by atoms with Crippen LogP contribution < -0.4 is 5.32 Å². The summed E-state index contributed by atoms with van der Waals surface area (Å²) in [7, 11) is 0. The molecule has 0 aromatic heterocycles. The van der Waals surface area contributed by atoms with E-state index in [0.717, 1.165) is 12.0 Å². The molecule has 0 bridgehead atoms. The predicted octanol–water partition coefficient (Wildman–Crippen LogP) is 1.02. The van der Waals surface area contributed by atoms with Gasteiger partial charge in [-0.05, 0) is 31.0 Å². The Hall–Kier alpha value is -2.37. The molecule has 6 nitrogen and oxygen atoms in total. The summed E-state index contributed by atoms with van der Waals surface area (Å²) >= 11 is 0. The minimum Gasteiger partial charge on any atom is -0.352 e. The van der Waals surface area contributed by atoms with Crippen LogP contribution in [0.1, 0.15) is 36.2 Å². The monoisotopic (exact) mass is 317 g/mol. The van der Waals surface area contributed by atoms with Gasteiger partial charge in [0.1, 0.15) is 0 Å². The third-order valence-corrected chi connectivity index (χ3v) is 3.90. The van der Waals surface area contributed by atoms with Crippen molar-refractivity contribution in [2.75, 3.05) is 26.2 Å². The Morgan fingerprint density at radius 2 is 1.65 bits per heavy atom. The van der Waals surface area contributed by atoms with Crippen LogP contribution in [0.2, 0.25) is 0 Å². The Balaban J connectivity index is 1.97. The van der Waals surface area contributed by atoms with E-state index in [1.807, 2.05) is 26.0 Å². The summed E-state index contributed by atoms with van der Waals surface area (Å²) in [5, 5.41) is 2.82. The molecule has 0 spiro atoms. The summed E-state index contributed by atoms with van der Waals surface area (Å²) in [6.45, 7) is 6.57. The van der Waals surface area contributed by atoms with Crippen LogP contribution in [0.15, 0.2) is 24.3 Å². The van der Waals surface area contributed by atoms with E-state index < -0.39 is 11.8 Å². The number of amides is 3. The number of hydrogen-bond acceptors (Lipinski definition) is 3. The molecule has 3 amide bonds. The van der Waals surface area contributed by atoms with Gasteiger partial charge in [-0.15, -0.1) is 0 Å². The lowest BCUT2D eigenvalue weighted by Crippen LogP contribution is -2.53. The van der Waals surface area contributed by atoms with E-state index in [-0.39, 0.29) is 5.91 Å². The van der Waals surface area contributed by atoms with Crippen LogP contribution in [0.5, 0.6) is 0 Å². The van der Waals surface area contributed by atoms with Gasteiger partial charge >= 0.3 is 11.8 Å². The molecule has 1 aliphatic rings. The standard InChI is InChI=1S/C17H23N3O3/c1-3-9-18-15(21)14-7-5-13(6-8-14)12-20-11-10-19(4-2)16(22)17(20)23/h5-8H,3-4,9-12H2,1-2H3,(H,18,21). The normalized spacial score (nSPS) is 15.0. The highest BCUT2D eigenvalue weighted by molar-refractivity contribution is 6.35. The number of hydrogen-bond donors (Lipinski definition) is 1. The molecule has 6 heteroatoms. The second-order valence-electron chi connectivity index (χ2n) is 5.56. The lowest BCUT2D eigenvalue weighted by atomic mass is 10.1. The first-order valence-corrected chi connectivity index (χ1v) is 8.02. The molecule has 1 heterocycles. The smallest absolute Gasteiger partial charge is 0.312 e. The Morgan fingerprint density at radius 1 is 1.04 bits per heavy atom. The van der Waals surface area contributed by atoms with Crippen molar-refractivity contribution < 1.29 is 14.4 Å². The zero-order valence-electron chi connectivity index (χ0n) is 13.7. The fourth-order valence-corrected chi connectivity index (χ4v) is 2.49. The van der Waals surface area contributed by atoms with Crippen molar-refractivity contribution in [1.29, 1.82) is 0 Å². The Labute approximate surface area is 136 Å². The summed E-state index contributed by atoms with van der Waals surface area (Å²) in [5.41, 5.74) is 1.50. The number of carbonyl (C=O) groups is 3. The average molecular weight is 317 g/mol. The predicted molar refractivity (Wildman–Crippen MR) is 86.7 cm³/mol. The molecule has 0 aliphatic carbocycles. The van der Waals surface area contributed by atoms with Gasteiger partial charge in [-0.1, -0.05) is 19.1 Å². The fraction of sp³-hybridized carbons (Fsp3) is 0.471. The molecule has 1 fully saturated rings. The number of carbonyl (C=O) groups excluding carboxylic acids is 3. The molecule has 1 aromatic carbocycles. The van der Waals surface area contributed by atoms with Crippen LogP contribution in [-0.2, 0) is 16.1 Å². The molecule has 2 rings (SSSR count). The lowest BCUT2D eigenvalue weighted by Gasteiger charge is -2.33. The summed E-state index contributed by atoms with van der Waals surface area (Å²) in [4.78, 5) is 38.9. The summed E-state index contributed by atoms with van der Waals surface area (Å²) in [6, 6.07) is 7.14. The maximum atomic E-state index is 12.1. The molecular weight excluding hydrogens is 294 g/mol. The van der Waals surface area contributed by atoms with Gasteiger partial charge in [0.2, 0.25) is 0 Å². The molecule has 124 valence electrons. The van der Waals surface area contributed by atoms with E-state index in [4.69, 9.17) is 0 Å². The summed E-state index contributed by atoms with van der Waals surface area (Å²) in [5.74, 6) is -0.988. The van der Waals surface area contributed by atoms with Crippen LogP contribution in [0, 0.1) is 0 Å². The van der Waals surface area contributed by atoms with E-state index in [0.29, 0.717) is 38.3 Å². The zero-order chi connectivity index (χ0) is 16.8. The summed E-state index contributed by atoms with van der Waals surface area (Å²) < 4.78 is 0. The molecule has 0 unspecified atom stereocenters. The van der Waals surface area contributed by atoms with E-state index in [1.165, 1.54) is 0 Å². The highest BCUT2D eigenvalue weighted by atomic mass is 16.2. The SMILES string of the molecule is CCCNC(=O)c1ccc(CN2CCN(CC)C(=O)C2=O)cc1. The van der Waals surface area contributed by atoms with Gasteiger partial charge in [-0.25, -0.2) is 0 Å². The molecule has 1 aromatic rings. The molecule has 1 aliphatic heterocycles. The van der Waals surface area contributed by atoms with Crippen LogP contribution >= 0.6 is 0 Å². The highest BCUT2D eigenvalue weighted by Crippen LogP contribution is 2.12. The lowest BCUT2D eigenvalue weighted by molar-refractivity contribution is -0.156. The van der Waals surface area contributed by atoms with Gasteiger partial charge < -0.3 is 15.1 Å². The molecule has 1 saturated heterocycles. The molecule has 1 N–H and O–H groups in total. The first kappa shape index (κ1) is 17.0. The Morgan fingerprint density at radius 3 is 2.26 bits per heavy atom. The van der Waals surface area contributed by atoms with Crippen molar-refractivity contribution in [1.82, 2.24) is 15.1 Å². The topological polar surface area (TPSA) is 69.7 Å². The van der Waals surface area contributed by atoms with Crippen LogP contribution in [0.25, 0.3) is 0 Å². The van der Waals surface area contributed by atoms with Gasteiger partial charge in [0.25, 0.3) is 5.91 Å². The number of nitrogens with zero attached hydrogens (tertiary/aromatic N) is 2. The van der Waals surface area contributed by atoms with Crippen molar-refractivity contribution in [2.45, 2.75) is 26.8 Å². The minimum atomic E-state index is -0.456. The van der Waals surface area contributed by atoms with Crippen molar-refractivity contribution in [2.24, 2.45) is 0 Å². The van der Waals surface area contributed by atoms with Gasteiger partial charge in [-0.2, -0.15) is 0 Å². The summed E-state index contributed by atoms with van der Waals surface area (Å²) in [6.07, 6.45) is 0.893. The molecule has 0 saturated carbocycles.